The second-order valence-corrected chi connectivity index (χ2v) is 6.75. The minimum atomic E-state index is -0.0748. The molecule has 0 saturated heterocycles. The van der Waals surface area contributed by atoms with Crippen LogP contribution >= 0.6 is 11.6 Å². The summed E-state index contributed by atoms with van der Waals surface area (Å²) in [7, 11) is 0. The lowest BCUT2D eigenvalue weighted by molar-refractivity contribution is 0.0998. The van der Waals surface area contributed by atoms with Crippen molar-refractivity contribution in [1.82, 2.24) is 0 Å². The normalized spacial score (nSPS) is 15.9. The molecule has 114 valence electrons. The first-order chi connectivity index (χ1) is 10.4. The molecule has 0 radical (unpaired) electrons. The standard InChI is InChI=1S/C18H19ClN2O/c1-18(2)12-21(16-6-4-3-5-15(16)20-18)11-17(22)13-7-9-14(19)10-8-13/h3-10,20H,11-12H2,1-2H3. The Kier molecular flexibility index (Phi) is 3.83. The molecule has 4 heteroatoms. The fraction of sp³-hybridized carbons (Fsp3) is 0.278. The van der Waals surface area contributed by atoms with Gasteiger partial charge in [-0.3, -0.25) is 4.79 Å². The number of rotatable bonds is 3. The van der Waals surface area contributed by atoms with Gasteiger partial charge >= 0.3 is 0 Å². The van der Waals surface area contributed by atoms with Crippen molar-refractivity contribution in [2.24, 2.45) is 0 Å². The SMILES string of the molecule is CC1(C)CN(CC(=O)c2ccc(Cl)cc2)c2ccccc2N1. The lowest BCUT2D eigenvalue weighted by Crippen LogP contribution is -2.50. The van der Waals surface area contributed by atoms with Crippen molar-refractivity contribution < 1.29 is 4.79 Å². The van der Waals surface area contributed by atoms with Crippen LogP contribution in [0.2, 0.25) is 5.02 Å². The number of hydrogen-bond donors (Lipinski definition) is 1. The van der Waals surface area contributed by atoms with Gasteiger partial charge < -0.3 is 10.2 Å². The fourth-order valence-electron chi connectivity index (χ4n) is 2.86. The maximum atomic E-state index is 12.5. The molecule has 0 saturated carbocycles. The molecule has 2 aromatic rings. The molecular weight excluding hydrogens is 296 g/mol. The van der Waals surface area contributed by atoms with Crippen LogP contribution in [-0.4, -0.2) is 24.4 Å². The van der Waals surface area contributed by atoms with Gasteiger partial charge in [0.2, 0.25) is 0 Å². The highest BCUT2D eigenvalue weighted by molar-refractivity contribution is 6.30. The summed E-state index contributed by atoms with van der Waals surface area (Å²) in [6, 6.07) is 15.2. The third-order valence-corrected chi connectivity index (χ3v) is 4.06. The number of carbonyl (C=O) groups is 1. The summed E-state index contributed by atoms with van der Waals surface area (Å²) in [5, 5.41) is 4.16. The molecule has 0 unspecified atom stereocenters. The number of nitrogens with zero attached hydrogens (tertiary/aromatic N) is 1. The van der Waals surface area contributed by atoms with Crippen LogP contribution in [0.15, 0.2) is 48.5 Å². The predicted octanol–water partition coefficient (Wildman–Crippen LogP) is 4.23. The van der Waals surface area contributed by atoms with Gasteiger partial charge in [0.05, 0.1) is 17.9 Å². The van der Waals surface area contributed by atoms with Crippen LogP contribution in [0.1, 0.15) is 24.2 Å². The lowest BCUT2D eigenvalue weighted by Gasteiger charge is -2.41. The molecule has 0 spiro atoms. The summed E-state index contributed by atoms with van der Waals surface area (Å²) in [6.07, 6.45) is 0. The molecule has 3 nitrogen and oxygen atoms in total. The van der Waals surface area contributed by atoms with Gasteiger partial charge in [0, 0.05) is 22.7 Å². The molecule has 0 aromatic heterocycles. The van der Waals surface area contributed by atoms with E-state index in [1.54, 1.807) is 24.3 Å². The average Bonchev–Trinajstić information content (AvgIpc) is 2.46. The van der Waals surface area contributed by atoms with Gasteiger partial charge in [-0.1, -0.05) is 23.7 Å². The van der Waals surface area contributed by atoms with Crippen molar-refractivity contribution in [1.29, 1.82) is 0 Å². The summed E-state index contributed by atoms with van der Waals surface area (Å²) in [4.78, 5) is 14.7. The Morgan fingerprint density at radius 2 is 1.86 bits per heavy atom. The third-order valence-electron chi connectivity index (χ3n) is 3.80. The maximum absolute atomic E-state index is 12.5. The van der Waals surface area contributed by atoms with Crippen molar-refractivity contribution in [3.63, 3.8) is 0 Å². The molecule has 0 atom stereocenters. The van der Waals surface area contributed by atoms with Crippen LogP contribution in [0.3, 0.4) is 0 Å². The molecule has 0 bridgehead atoms. The first-order valence-electron chi connectivity index (χ1n) is 7.35. The summed E-state index contributed by atoms with van der Waals surface area (Å²) in [5.74, 6) is 0.101. The number of carbonyl (C=O) groups excluding carboxylic acids is 1. The van der Waals surface area contributed by atoms with E-state index in [4.69, 9.17) is 11.6 Å². The van der Waals surface area contributed by atoms with Gasteiger partial charge in [-0.25, -0.2) is 0 Å². The molecule has 2 aromatic carbocycles. The van der Waals surface area contributed by atoms with Crippen LogP contribution in [0.25, 0.3) is 0 Å². The molecule has 1 heterocycles. The zero-order chi connectivity index (χ0) is 15.7. The topological polar surface area (TPSA) is 32.3 Å². The second kappa shape index (κ2) is 5.65. The number of anilines is 2. The van der Waals surface area contributed by atoms with Crippen LogP contribution in [-0.2, 0) is 0 Å². The highest BCUT2D eigenvalue weighted by Gasteiger charge is 2.30. The zero-order valence-corrected chi connectivity index (χ0v) is 13.5. The number of ketones is 1. The van der Waals surface area contributed by atoms with E-state index in [9.17, 15) is 4.79 Å². The van der Waals surface area contributed by atoms with E-state index in [2.05, 4.69) is 30.1 Å². The van der Waals surface area contributed by atoms with Crippen molar-refractivity contribution in [2.75, 3.05) is 23.3 Å². The Morgan fingerprint density at radius 1 is 1.18 bits per heavy atom. The van der Waals surface area contributed by atoms with Gasteiger partial charge in [0.1, 0.15) is 0 Å². The van der Waals surface area contributed by atoms with Crippen LogP contribution < -0.4 is 10.2 Å². The average molecular weight is 315 g/mol. The summed E-state index contributed by atoms with van der Waals surface area (Å²) in [6.45, 7) is 5.43. The van der Waals surface area contributed by atoms with Crippen LogP contribution in [0.4, 0.5) is 11.4 Å². The van der Waals surface area contributed by atoms with E-state index in [1.807, 2.05) is 18.2 Å². The van der Waals surface area contributed by atoms with Crippen molar-refractivity contribution in [2.45, 2.75) is 19.4 Å². The molecule has 0 aliphatic carbocycles. The minimum absolute atomic E-state index is 0.0748. The lowest BCUT2D eigenvalue weighted by atomic mass is 9.98. The first kappa shape index (κ1) is 14.9. The number of nitrogens with one attached hydrogen (secondary N) is 1. The van der Waals surface area contributed by atoms with Gasteiger partial charge in [-0.15, -0.1) is 0 Å². The van der Waals surface area contributed by atoms with Crippen molar-refractivity contribution in [3.8, 4) is 0 Å². The van der Waals surface area contributed by atoms with E-state index >= 15 is 0 Å². The van der Waals surface area contributed by atoms with Crippen LogP contribution in [0, 0.1) is 0 Å². The molecule has 3 rings (SSSR count). The molecular formula is C18H19ClN2O. The maximum Gasteiger partial charge on any atom is 0.182 e. The largest absolute Gasteiger partial charge is 0.377 e. The van der Waals surface area contributed by atoms with E-state index < -0.39 is 0 Å². The van der Waals surface area contributed by atoms with Gasteiger partial charge in [0.15, 0.2) is 5.78 Å². The van der Waals surface area contributed by atoms with Crippen molar-refractivity contribution in [3.05, 3.63) is 59.1 Å². The molecule has 0 amide bonds. The molecule has 22 heavy (non-hydrogen) atoms. The minimum Gasteiger partial charge on any atom is -0.377 e. The Labute approximate surface area is 135 Å². The highest BCUT2D eigenvalue weighted by atomic mass is 35.5. The number of fused-ring (bicyclic) bond motifs is 1. The highest BCUT2D eigenvalue weighted by Crippen LogP contribution is 2.34. The second-order valence-electron chi connectivity index (χ2n) is 6.31. The Bertz CT molecular complexity index is 694. The summed E-state index contributed by atoms with van der Waals surface area (Å²) in [5.41, 5.74) is 2.76. The Balaban J connectivity index is 1.85. The number of para-hydroxylation sites is 2. The van der Waals surface area contributed by atoms with E-state index in [0.29, 0.717) is 17.1 Å². The number of hydrogen-bond acceptors (Lipinski definition) is 3. The Hall–Kier alpha value is -2.00. The first-order valence-corrected chi connectivity index (χ1v) is 7.73. The Morgan fingerprint density at radius 3 is 2.59 bits per heavy atom. The zero-order valence-electron chi connectivity index (χ0n) is 12.8. The van der Waals surface area contributed by atoms with E-state index in [1.165, 1.54) is 0 Å². The molecule has 1 aliphatic rings. The van der Waals surface area contributed by atoms with Crippen LogP contribution in [0.5, 0.6) is 0 Å². The molecule has 1 N–H and O–H groups in total. The van der Waals surface area contributed by atoms with Gasteiger partial charge in [-0.05, 0) is 50.2 Å². The third kappa shape index (κ3) is 3.09. The monoisotopic (exact) mass is 314 g/mol. The number of halogens is 1. The summed E-state index contributed by atoms with van der Waals surface area (Å²) < 4.78 is 0. The van der Waals surface area contributed by atoms with Gasteiger partial charge in [-0.2, -0.15) is 0 Å². The van der Waals surface area contributed by atoms with E-state index in [0.717, 1.165) is 17.9 Å². The molecule has 1 aliphatic heterocycles. The quantitative estimate of drug-likeness (QED) is 0.860. The van der Waals surface area contributed by atoms with Crippen molar-refractivity contribution >= 4 is 28.8 Å². The molecule has 0 fully saturated rings. The summed E-state index contributed by atoms with van der Waals surface area (Å²) >= 11 is 5.88. The number of Topliss-reactive ketones (excluding diaryl/α,β-unsaturated/α-hetero) is 1. The predicted molar refractivity (Wildman–Crippen MR) is 92.1 cm³/mol. The number of benzene rings is 2. The fourth-order valence-corrected chi connectivity index (χ4v) is 2.99. The van der Waals surface area contributed by atoms with E-state index in [-0.39, 0.29) is 11.3 Å². The van der Waals surface area contributed by atoms with Gasteiger partial charge in [0.25, 0.3) is 0 Å². The smallest absolute Gasteiger partial charge is 0.182 e.